The molecule has 118 valence electrons. The highest BCUT2D eigenvalue weighted by molar-refractivity contribution is 5.83. The first-order valence-corrected chi connectivity index (χ1v) is 7.30. The Balaban J connectivity index is 4.00. The van der Waals surface area contributed by atoms with E-state index in [0.717, 1.165) is 26.1 Å². The lowest BCUT2D eigenvalue weighted by atomic mass is 10.1. The van der Waals surface area contributed by atoms with E-state index in [1.807, 2.05) is 13.8 Å². The number of esters is 1. The number of carbonyl (C=O) groups excluding carboxylic acids is 2. The van der Waals surface area contributed by atoms with Crippen LogP contribution in [-0.2, 0) is 9.53 Å². The van der Waals surface area contributed by atoms with Crippen LogP contribution >= 0.6 is 0 Å². The van der Waals surface area contributed by atoms with E-state index in [2.05, 4.69) is 34.1 Å². The van der Waals surface area contributed by atoms with Crippen molar-refractivity contribution < 1.29 is 14.3 Å². The van der Waals surface area contributed by atoms with E-state index in [0.29, 0.717) is 6.54 Å². The standard InChI is InChI=1S/C14H29N3O3/c1-6-17(7-2)10-8-9-15-14(19)16-12(11(3)4)13(18)20-5/h11-12H,6-10H2,1-5H3,(H2,15,16,19). The zero-order valence-corrected chi connectivity index (χ0v) is 13.4. The molecule has 1 atom stereocenters. The Bertz CT molecular complexity index is 291. The number of hydrogen-bond acceptors (Lipinski definition) is 4. The Labute approximate surface area is 122 Å². The van der Waals surface area contributed by atoms with Crippen molar-refractivity contribution in [2.24, 2.45) is 5.92 Å². The number of ether oxygens (including phenoxy) is 1. The quantitative estimate of drug-likeness (QED) is 0.494. The number of nitrogens with zero attached hydrogens (tertiary/aromatic N) is 1. The molecule has 0 rings (SSSR count). The molecule has 0 fully saturated rings. The fourth-order valence-electron chi connectivity index (χ4n) is 1.86. The average Bonchev–Trinajstić information content (AvgIpc) is 2.43. The van der Waals surface area contributed by atoms with Crippen molar-refractivity contribution in [1.82, 2.24) is 15.5 Å². The third-order valence-electron chi connectivity index (χ3n) is 3.24. The number of amides is 2. The van der Waals surface area contributed by atoms with Crippen LogP contribution in [0.15, 0.2) is 0 Å². The van der Waals surface area contributed by atoms with E-state index in [-0.39, 0.29) is 11.9 Å². The normalized spacial score (nSPS) is 12.3. The molecule has 2 amide bonds. The van der Waals surface area contributed by atoms with Crippen LogP contribution in [0.1, 0.15) is 34.1 Å². The summed E-state index contributed by atoms with van der Waals surface area (Å²) in [7, 11) is 1.32. The van der Waals surface area contributed by atoms with Gasteiger partial charge in [-0.25, -0.2) is 9.59 Å². The maximum atomic E-state index is 11.7. The van der Waals surface area contributed by atoms with Crippen molar-refractivity contribution in [2.45, 2.75) is 40.2 Å². The molecule has 6 nitrogen and oxygen atoms in total. The van der Waals surface area contributed by atoms with Gasteiger partial charge in [-0.15, -0.1) is 0 Å². The molecule has 0 aliphatic heterocycles. The maximum Gasteiger partial charge on any atom is 0.328 e. The lowest BCUT2D eigenvalue weighted by Gasteiger charge is -2.21. The number of methoxy groups -OCH3 is 1. The Hall–Kier alpha value is -1.30. The minimum Gasteiger partial charge on any atom is -0.467 e. The molecular weight excluding hydrogens is 258 g/mol. The van der Waals surface area contributed by atoms with Crippen molar-refractivity contribution in [1.29, 1.82) is 0 Å². The van der Waals surface area contributed by atoms with Gasteiger partial charge in [0.1, 0.15) is 6.04 Å². The molecule has 0 bridgehead atoms. The molecular formula is C14H29N3O3. The van der Waals surface area contributed by atoms with E-state index < -0.39 is 12.0 Å². The molecule has 0 saturated heterocycles. The minimum atomic E-state index is -0.609. The first-order chi connectivity index (χ1) is 9.46. The van der Waals surface area contributed by atoms with Gasteiger partial charge in [-0.05, 0) is 32.0 Å². The summed E-state index contributed by atoms with van der Waals surface area (Å²) in [4.78, 5) is 25.5. The molecule has 1 unspecified atom stereocenters. The number of hydrogen-bond donors (Lipinski definition) is 2. The number of nitrogens with one attached hydrogen (secondary N) is 2. The summed E-state index contributed by atoms with van der Waals surface area (Å²) in [6, 6.07) is -0.934. The second kappa shape index (κ2) is 10.5. The average molecular weight is 287 g/mol. The van der Waals surface area contributed by atoms with Gasteiger partial charge in [0, 0.05) is 6.54 Å². The zero-order valence-electron chi connectivity index (χ0n) is 13.4. The van der Waals surface area contributed by atoms with E-state index >= 15 is 0 Å². The fourth-order valence-corrected chi connectivity index (χ4v) is 1.86. The van der Waals surface area contributed by atoms with E-state index in [1.54, 1.807) is 0 Å². The maximum absolute atomic E-state index is 11.7. The molecule has 20 heavy (non-hydrogen) atoms. The predicted molar refractivity (Wildman–Crippen MR) is 79.6 cm³/mol. The van der Waals surface area contributed by atoms with Gasteiger partial charge in [0.25, 0.3) is 0 Å². The summed E-state index contributed by atoms with van der Waals surface area (Å²) in [6.07, 6.45) is 0.889. The van der Waals surface area contributed by atoms with Crippen LogP contribution in [0.4, 0.5) is 4.79 Å². The highest BCUT2D eigenvalue weighted by Gasteiger charge is 2.24. The first kappa shape index (κ1) is 18.7. The van der Waals surface area contributed by atoms with E-state index in [1.165, 1.54) is 7.11 Å². The van der Waals surface area contributed by atoms with Crippen LogP contribution in [0.25, 0.3) is 0 Å². The van der Waals surface area contributed by atoms with Crippen molar-refractivity contribution >= 4 is 12.0 Å². The first-order valence-electron chi connectivity index (χ1n) is 7.30. The molecule has 0 aromatic rings. The predicted octanol–water partition coefficient (Wildman–Crippen LogP) is 1.22. The van der Waals surface area contributed by atoms with Gasteiger partial charge in [-0.3, -0.25) is 0 Å². The van der Waals surface area contributed by atoms with Crippen LogP contribution < -0.4 is 10.6 Å². The monoisotopic (exact) mass is 287 g/mol. The molecule has 0 radical (unpaired) electrons. The second-order valence-electron chi connectivity index (χ2n) is 5.03. The summed E-state index contributed by atoms with van der Waals surface area (Å²) in [5, 5.41) is 5.41. The third kappa shape index (κ3) is 7.33. The summed E-state index contributed by atoms with van der Waals surface area (Å²) in [6.45, 7) is 11.5. The smallest absolute Gasteiger partial charge is 0.328 e. The van der Waals surface area contributed by atoms with Gasteiger partial charge in [-0.2, -0.15) is 0 Å². The van der Waals surface area contributed by atoms with Crippen LogP contribution in [-0.4, -0.2) is 56.2 Å². The second-order valence-corrected chi connectivity index (χ2v) is 5.03. The molecule has 0 aliphatic carbocycles. The van der Waals surface area contributed by atoms with Crippen molar-refractivity contribution in [3.63, 3.8) is 0 Å². The molecule has 0 aliphatic rings. The Kier molecular flexibility index (Phi) is 9.80. The molecule has 0 spiro atoms. The fraction of sp³-hybridized carbons (Fsp3) is 0.857. The van der Waals surface area contributed by atoms with Gasteiger partial charge in [0.2, 0.25) is 0 Å². The highest BCUT2D eigenvalue weighted by Crippen LogP contribution is 2.03. The van der Waals surface area contributed by atoms with Crippen molar-refractivity contribution in [3.8, 4) is 0 Å². The SMILES string of the molecule is CCN(CC)CCCNC(=O)NC(C(=O)OC)C(C)C. The molecule has 0 aromatic carbocycles. The lowest BCUT2D eigenvalue weighted by molar-refractivity contribution is -0.143. The molecule has 2 N–H and O–H groups in total. The van der Waals surface area contributed by atoms with Crippen LogP contribution in [0, 0.1) is 5.92 Å². The van der Waals surface area contributed by atoms with E-state index in [9.17, 15) is 9.59 Å². The number of carbonyl (C=O) groups is 2. The summed E-state index contributed by atoms with van der Waals surface area (Å²) in [5.41, 5.74) is 0. The van der Waals surface area contributed by atoms with E-state index in [4.69, 9.17) is 0 Å². The number of rotatable bonds is 9. The Morgan fingerprint density at radius 1 is 1.20 bits per heavy atom. The lowest BCUT2D eigenvalue weighted by Crippen LogP contribution is -2.49. The van der Waals surface area contributed by atoms with Gasteiger partial charge in [0.05, 0.1) is 7.11 Å². The largest absolute Gasteiger partial charge is 0.467 e. The molecule has 0 heterocycles. The highest BCUT2D eigenvalue weighted by atomic mass is 16.5. The molecule has 0 saturated carbocycles. The zero-order chi connectivity index (χ0) is 15.5. The van der Waals surface area contributed by atoms with Gasteiger partial charge in [-0.1, -0.05) is 27.7 Å². The minimum absolute atomic E-state index is 0.0103. The van der Waals surface area contributed by atoms with Gasteiger partial charge >= 0.3 is 12.0 Å². The Morgan fingerprint density at radius 2 is 1.80 bits per heavy atom. The van der Waals surface area contributed by atoms with Crippen LogP contribution in [0.5, 0.6) is 0 Å². The van der Waals surface area contributed by atoms with Crippen LogP contribution in [0.2, 0.25) is 0 Å². The number of urea groups is 1. The van der Waals surface area contributed by atoms with Crippen LogP contribution in [0.3, 0.4) is 0 Å². The molecule has 6 heteroatoms. The summed E-state index contributed by atoms with van der Waals surface area (Å²) < 4.78 is 4.67. The Morgan fingerprint density at radius 3 is 2.25 bits per heavy atom. The van der Waals surface area contributed by atoms with Crippen molar-refractivity contribution in [3.05, 3.63) is 0 Å². The molecule has 0 aromatic heterocycles. The van der Waals surface area contributed by atoms with Gasteiger partial charge in [0.15, 0.2) is 0 Å². The van der Waals surface area contributed by atoms with Crippen molar-refractivity contribution in [2.75, 3.05) is 33.3 Å². The summed E-state index contributed by atoms with van der Waals surface area (Å²) in [5.74, 6) is -0.429. The summed E-state index contributed by atoms with van der Waals surface area (Å²) >= 11 is 0. The topological polar surface area (TPSA) is 70.7 Å². The van der Waals surface area contributed by atoms with Gasteiger partial charge < -0.3 is 20.3 Å². The third-order valence-corrected chi connectivity index (χ3v) is 3.24.